The Morgan fingerprint density at radius 1 is 0.500 bits per heavy atom. The van der Waals surface area contributed by atoms with Crippen LogP contribution in [0, 0.1) is 34.5 Å². The summed E-state index contributed by atoms with van der Waals surface area (Å²) < 4.78 is 16.8. The summed E-state index contributed by atoms with van der Waals surface area (Å²) in [5, 5.41) is 12.1. The molecule has 0 fully saturated rings. The maximum absolute atomic E-state index is 13.5. The molecule has 406 valence electrons. The van der Waals surface area contributed by atoms with Crippen LogP contribution < -0.4 is 21.3 Å². The standard InChI is InChI=1S/C59H108N4O7/c1-12-54(64)60-35-19-37-68-39-41-70-42-40-69-38-20-36-62-57(67)53(63-56(66)44-48(5)24-16-22-46(3)29-31-52-50(7)26-18-33-59(52,10)11)27-13-14-34-61-55(65)43-47(4)23-15-21-45(2)28-30-51-49(6)25-17-32-58(51,8)9/h45-48,53H,12-44H2,1-11H3,(H,60,64)(H,61,65)(H,62,67)(H,63,66)/t45?,46?,47?,48?,53-/m0/s1. The summed E-state index contributed by atoms with van der Waals surface area (Å²) in [6.07, 6.45) is 24.2. The molecule has 0 radical (unpaired) electrons. The zero-order valence-electron chi connectivity index (χ0n) is 47.1. The number of hydrogen-bond acceptors (Lipinski definition) is 7. The Hall–Kier alpha value is -2.76. The van der Waals surface area contributed by atoms with Gasteiger partial charge in [-0.05, 0) is 145 Å². The Balaban J connectivity index is 1.72. The van der Waals surface area contributed by atoms with Gasteiger partial charge in [-0.2, -0.15) is 0 Å². The first-order chi connectivity index (χ1) is 33.3. The Kier molecular flexibility index (Phi) is 32.8. The summed E-state index contributed by atoms with van der Waals surface area (Å²) >= 11 is 0. The van der Waals surface area contributed by atoms with E-state index in [1.54, 1.807) is 22.3 Å². The lowest BCUT2D eigenvalue weighted by atomic mass is 9.70. The average Bonchev–Trinajstić information content (AvgIpc) is 3.28. The van der Waals surface area contributed by atoms with Gasteiger partial charge in [0.15, 0.2) is 0 Å². The smallest absolute Gasteiger partial charge is 0.242 e. The van der Waals surface area contributed by atoms with Crippen molar-refractivity contribution in [2.24, 2.45) is 34.5 Å². The Morgan fingerprint density at radius 2 is 0.929 bits per heavy atom. The maximum Gasteiger partial charge on any atom is 0.242 e. The van der Waals surface area contributed by atoms with Gasteiger partial charge in [0, 0.05) is 52.1 Å². The number of rotatable bonds is 40. The highest BCUT2D eigenvalue weighted by Gasteiger charge is 2.29. The number of carbonyl (C=O) groups excluding carboxylic acids is 4. The number of unbranched alkanes of at least 4 members (excludes halogenated alkanes) is 1. The highest BCUT2D eigenvalue weighted by molar-refractivity contribution is 5.87. The molecule has 0 spiro atoms. The fourth-order valence-corrected chi connectivity index (χ4v) is 10.9. The molecule has 2 aliphatic rings. The van der Waals surface area contributed by atoms with E-state index in [-0.39, 0.29) is 29.5 Å². The molecular weight excluding hydrogens is 877 g/mol. The van der Waals surface area contributed by atoms with Crippen molar-refractivity contribution >= 4 is 23.6 Å². The van der Waals surface area contributed by atoms with E-state index in [1.807, 2.05) is 6.92 Å². The Labute approximate surface area is 429 Å². The zero-order valence-corrected chi connectivity index (χ0v) is 47.1. The number of amides is 4. The van der Waals surface area contributed by atoms with Gasteiger partial charge in [0.25, 0.3) is 0 Å². The fraction of sp³-hybridized carbons (Fsp3) is 0.864. The molecular formula is C59H108N4O7. The monoisotopic (exact) mass is 985 g/mol. The van der Waals surface area contributed by atoms with Crippen molar-refractivity contribution in [2.75, 3.05) is 59.3 Å². The molecule has 11 heteroatoms. The summed E-state index contributed by atoms with van der Waals surface area (Å²) in [6, 6.07) is -0.624. The molecule has 0 heterocycles. The largest absolute Gasteiger partial charge is 0.379 e. The first-order valence-corrected chi connectivity index (χ1v) is 28.6. The summed E-state index contributed by atoms with van der Waals surface area (Å²) in [5.74, 6) is 1.83. The molecule has 4 N–H and O–H groups in total. The Morgan fingerprint density at radius 3 is 1.41 bits per heavy atom. The van der Waals surface area contributed by atoms with Crippen LogP contribution in [0.1, 0.15) is 230 Å². The summed E-state index contributed by atoms with van der Waals surface area (Å²) in [5.41, 5.74) is 7.30. The van der Waals surface area contributed by atoms with Gasteiger partial charge < -0.3 is 35.5 Å². The van der Waals surface area contributed by atoms with Crippen LogP contribution in [0.15, 0.2) is 22.3 Å². The number of carbonyl (C=O) groups is 4. The van der Waals surface area contributed by atoms with Crippen LogP contribution in [0.5, 0.6) is 0 Å². The van der Waals surface area contributed by atoms with Gasteiger partial charge in [0.05, 0.1) is 26.4 Å². The van der Waals surface area contributed by atoms with Gasteiger partial charge in [-0.25, -0.2) is 0 Å². The van der Waals surface area contributed by atoms with Gasteiger partial charge in [0.1, 0.15) is 6.04 Å². The van der Waals surface area contributed by atoms with Crippen molar-refractivity contribution in [2.45, 2.75) is 236 Å². The second-order valence-corrected chi connectivity index (χ2v) is 23.3. The lowest BCUT2D eigenvalue weighted by Gasteiger charge is -2.35. The summed E-state index contributed by atoms with van der Waals surface area (Å²) in [4.78, 5) is 51.0. The molecule has 0 aromatic rings. The van der Waals surface area contributed by atoms with E-state index in [4.69, 9.17) is 14.2 Å². The second-order valence-electron chi connectivity index (χ2n) is 23.3. The molecule has 0 aromatic carbocycles. The lowest BCUT2D eigenvalue weighted by molar-refractivity contribution is -0.129. The lowest BCUT2D eigenvalue weighted by Crippen LogP contribution is -2.47. The van der Waals surface area contributed by atoms with Crippen molar-refractivity contribution in [3.05, 3.63) is 22.3 Å². The third kappa shape index (κ3) is 28.5. The first kappa shape index (κ1) is 63.4. The van der Waals surface area contributed by atoms with Crippen molar-refractivity contribution in [3.8, 4) is 0 Å². The third-order valence-corrected chi connectivity index (χ3v) is 15.5. The molecule has 4 unspecified atom stereocenters. The summed E-state index contributed by atoms with van der Waals surface area (Å²) in [7, 11) is 0. The predicted molar refractivity (Wildman–Crippen MR) is 290 cm³/mol. The van der Waals surface area contributed by atoms with E-state index in [0.29, 0.717) is 126 Å². The molecule has 4 amide bonds. The highest BCUT2D eigenvalue weighted by atomic mass is 16.5. The minimum absolute atomic E-state index is 0.0519. The number of allylic oxidation sites excluding steroid dienone is 4. The van der Waals surface area contributed by atoms with Crippen LogP contribution in [0.2, 0.25) is 0 Å². The molecule has 5 atom stereocenters. The van der Waals surface area contributed by atoms with Gasteiger partial charge in [0.2, 0.25) is 23.6 Å². The highest BCUT2D eigenvalue weighted by Crippen LogP contribution is 2.44. The molecule has 0 bridgehead atoms. The van der Waals surface area contributed by atoms with E-state index in [2.05, 4.69) is 90.5 Å². The molecule has 0 aliphatic heterocycles. The predicted octanol–water partition coefficient (Wildman–Crippen LogP) is 12.5. The molecule has 0 saturated carbocycles. The fourth-order valence-electron chi connectivity index (χ4n) is 10.9. The van der Waals surface area contributed by atoms with Crippen molar-refractivity contribution < 1.29 is 33.4 Å². The van der Waals surface area contributed by atoms with E-state index in [1.165, 1.54) is 77.0 Å². The number of ether oxygens (including phenoxy) is 3. The van der Waals surface area contributed by atoms with Crippen LogP contribution in [0.3, 0.4) is 0 Å². The summed E-state index contributed by atoms with van der Waals surface area (Å²) in [6.45, 7) is 29.9. The van der Waals surface area contributed by atoms with Crippen molar-refractivity contribution in [3.63, 3.8) is 0 Å². The quantitative estimate of drug-likeness (QED) is 0.0353. The van der Waals surface area contributed by atoms with E-state index >= 15 is 0 Å². The number of nitrogens with one attached hydrogen (secondary N) is 4. The third-order valence-electron chi connectivity index (χ3n) is 15.5. The van der Waals surface area contributed by atoms with Gasteiger partial charge in [-0.1, -0.05) is 123 Å². The second kappa shape index (κ2) is 36.2. The van der Waals surface area contributed by atoms with E-state index < -0.39 is 6.04 Å². The molecule has 0 saturated heterocycles. The van der Waals surface area contributed by atoms with Crippen molar-refractivity contribution in [1.82, 2.24) is 21.3 Å². The normalized spacial score (nSPS) is 17.9. The topological polar surface area (TPSA) is 144 Å². The van der Waals surface area contributed by atoms with Crippen LogP contribution in [0.25, 0.3) is 0 Å². The van der Waals surface area contributed by atoms with Gasteiger partial charge in [-0.3, -0.25) is 19.2 Å². The van der Waals surface area contributed by atoms with Crippen LogP contribution >= 0.6 is 0 Å². The SMILES string of the molecule is CCC(=O)NCCCOCCOCCOCCCNC(=O)[C@H](CCCCNC(=O)CC(C)CCCC(C)CCC1=C(C)CCCC1(C)C)NC(=O)CC(C)CCCC(C)CCC1=C(C)CCCC1(C)C. The van der Waals surface area contributed by atoms with E-state index in [9.17, 15) is 19.2 Å². The minimum Gasteiger partial charge on any atom is -0.379 e. The van der Waals surface area contributed by atoms with Gasteiger partial charge in [-0.15, -0.1) is 0 Å². The molecule has 70 heavy (non-hydrogen) atoms. The average molecular weight is 986 g/mol. The van der Waals surface area contributed by atoms with Crippen LogP contribution in [-0.2, 0) is 33.4 Å². The first-order valence-electron chi connectivity index (χ1n) is 28.6. The van der Waals surface area contributed by atoms with Crippen LogP contribution in [-0.4, -0.2) is 88.9 Å². The molecule has 2 aliphatic carbocycles. The molecule has 11 nitrogen and oxygen atoms in total. The Bertz CT molecular complexity index is 1560. The molecule has 2 rings (SSSR count). The van der Waals surface area contributed by atoms with Gasteiger partial charge >= 0.3 is 0 Å². The van der Waals surface area contributed by atoms with E-state index in [0.717, 1.165) is 38.5 Å². The number of hydrogen-bond donors (Lipinski definition) is 4. The molecule has 0 aromatic heterocycles. The minimum atomic E-state index is -0.624. The maximum atomic E-state index is 13.5. The zero-order chi connectivity index (χ0) is 51.8. The van der Waals surface area contributed by atoms with Crippen LogP contribution in [0.4, 0.5) is 0 Å². The van der Waals surface area contributed by atoms with Crippen molar-refractivity contribution in [1.29, 1.82) is 0 Å².